The van der Waals surface area contributed by atoms with E-state index in [1.807, 2.05) is 6.07 Å². The molecule has 1 aromatic carbocycles. The van der Waals surface area contributed by atoms with Crippen molar-refractivity contribution in [2.24, 2.45) is 4.99 Å². The lowest BCUT2D eigenvalue weighted by atomic mass is 10.3. The van der Waals surface area contributed by atoms with Crippen LogP contribution in [0.5, 0.6) is 5.75 Å². The van der Waals surface area contributed by atoms with Gasteiger partial charge in [0.05, 0.1) is 0 Å². The molecule has 0 aromatic heterocycles. The Balaban J connectivity index is 0.000000140. The molecule has 0 fully saturated rings. The maximum Gasteiger partial charge on any atom is 0.162 e. The van der Waals surface area contributed by atoms with Crippen LogP contribution in [0.15, 0.2) is 47.6 Å². The zero-order chi connectivity index (χ0) is 10.2. The normalized spacial score (nSPS) is 13.3. The summed E-state index contributed by atoms with van der Waals surface area (Å²) in [5.41, 5.74) is 0. The number of phenolic OH excluding ortho intramolecular Hbond substituents is 1. The molecule has 14 heavy (non-hydrogen) atoms. The van der Waals surface area contributed by atoms with Crippen molar-refractivity contribution in [2.45, 2.75) is 6.42 Å². The summed E-state index contributed by atoms with van der Waals surface area (Å²) >= 11 is 0. The van der Waals surface area contributed by atoms with E-state index in [0.29, 0.717) is 12.2 Å². The van der Waals surface area contributed by atoms with Crippen LogP contribution in [0.3, 0.4) is 0 Å². The Morgan fingerprint density at radius 3 is 2.21 bits per heavy atom. The summed E-state index contributed by atoms with van der Waals surface area (Å²) < 4.78 is 0. The highest BCUT2D eigenvalue weighted by Crippen LogP contribution is 2.02. The fraction of sp³-hybridized carbons (Fsp3) is 0.0909. The monoisotopic (exact) mass is 189 g/mol. The summed E-state index contributed by atoms with van der Waals surface area (Å²) in [6.07, 6.45) is 5.05. The molecule has 0 saturated heterocycles. The van der Waals surface area contributed by atoms with Gasteiger partial charge in [0.2, 0.25) is 0 Å². The third-order valence-electron chi connectivity index (χ3n) is 1.50. The maximum atomic E-state index is 10.3. The Hall–Kier alpha value is -1.90. The number of hydrogen-bond donors (Lipinski definition) is 1. The van der Waals surface area contributed by atoms with E-state index < -0.39 is 0 Å². The van der Waals surface area contributed by atoms with E-state index in [9.17, 15) is 4.79 Å². The topological polar surface area (TPSA) is 49.7 Å². The number of aliphatic imine (C=N–C) groups is 1. The van der Waals surface area contributed by atoms with Gasteiger partial charge in [-0.3, -0.25) is 9.79 Å². The van der Waals surface area contributed by atoms with Gasteiger partial charge in [-0.05, 0) is 18.2 Å². The quantitative estimate of drug-likeness (QED) is 0.678. The minimum Gasteiger partial charge on any atom is -0.508 e. The maximum absolute atomic E-state index is 10.3. The minimum absolute atomic E-state index is 0.134. The number of ketones is 1. The van der Waals surface area contributed by atoms with E-state index >= 15 is 0 Å². The van der Waals surface area contributed by atoms with Gasteiger partial charge >= 0.3 is 0 Å². The largest absolute Gasteiger partial charge is 0.508 e. The molecule has 0 spiro atoms. The smallest absolute Gasteiger partial charge is 0.162 e. The Kier molecular flexibility index (Phi) is 4.14. The third-order valence-corrected chi connectivity index (χ3v) is 1.50. The second kappa shape index (κ2) is 5.70. The standard InChI is InChI=1S/C6H6O.C5H5NO/c7-6-4-2-1-3-5-6;7-5-1-3-6-4-2-5/h1-5,7H;1,3-4H,2H2. The first-order valence-corrected chi connectivity index (χ1v) is 4.24. The first kappa shape index (κ1) is 10.2. The van der Waals surface area contributed by atoms with Crippen LogP contribution in [-0.4, -0.2) is 17.1 Å². The highest BCUT2D eigenvalue weighted by Gasteiger charge is 1.93. The number of carbonyl (C=O) groups excluding carboxylic acids is 1. The van der Waals surface area contributed by atoms with Gasteiger partial charge in [-0.15, -0.1) is 0 Å². The summed E-state index contributed by atoms with van der Waals surface area (Å²) in [7, 11) is 0. The van der Waals surface area contributed by atoms with E-state index in [2.05, 4.69) is 4.99 Å². The predicted molar refractivity (Wildman–Crippen MR) is 55.4 cm³/mol. The zero-order valence-electron chi connectivity index (χ0n) is 7.63. The van der Waals surface area contributed by atoms with Crippen LogP contribution >= 0.6 is 0 Å². The number of aromatic hydroxyl groups is 1. The van der Waals surface area contributed by atoms with Crippen molar-refractivity contribution in [3.05, 3.63) is 42.6 Å². The van der Waals surface area contributed by atoms with Crippen molar-refractivity contribution in [1.29, 1.82) is 0 Å². The summed E-state index contributed by atoms with van der Waals surface area (Å²) in [5, 5.41) is 8.63. The van der Waals surface area contributed by atoms with Crippen LogP contribution in [-0.2, 0) is 4.79 Å². The van der Waals surface area contributed by atoms with Gasteiger partial charge in [0, 0.05) is 18.8 Å². The van der Waals surface area contributed by atoms with Crippen molar-refractivity contribution in [2.75, 3.05) is 0 Å². The molecule has 0 saturated carbocycles. The molecule has 0 amide bonds. The number of rotatable bonds is 0. The average Bonchev–Trinajstić information content (AvgIpc) is 2.21. The molecular formula is C11H11NO2. The first-order valence-electron chi connectivity index (χ1n) is 4.24. The summed E-state index contributed by atoms with van der Waals surface area (Å²) in [6.45, 7) is 0. The SMILES string of the molecule is O=C1C=CN=CC1.Oc1ccccc1. The minimum atomic E-state index is 0.134. The molecule has 0 radical (unpaired) electrons. The predicted octanol–water partition coefficient (Wildman–Crippen LogP) is 1.94. The second-order valence-corrected chi connectivity index (χ2v) is 2.65. The van der Waals surface area contributed by atoms with E-state index in [-0.39, 0.29) is 5.78 Å². The second-order valence-electron chi connectivity index (χ2n) is 2.65. The Bertz CT molecular complexity index is 342. The van der Waals surface area contributed by atoms with Gasteiger partial charge in [-0.25, -0.2) is 0 Å². The van der Waals surface area contributed by atoms with Gasteiger partial charge in [0.25, 0.3) is 0 Å². The van der Waals surface area contributed by atoms with Crippen molar-refractivity contribution >= 4 is 12.0 Å². The van der Waals surface area contributed by atoms with Gasteiger partial charge in [0.15, 0.2) is 5.78 Å². The molecule has 0 unspecified atom stereocenters. The summed E-state index contributed by atoms with van der Waals surface area (Å²) in [4.78, 5) is 14.0. The molecule has 0 bridgehead atoms. The number of phenols is 1. The fourth-order valence-corrected chi connectivity index (χ4v) is 0.826. The van der Waals surface area contributed by atoms with E-state index in [1.54, 1.807) is 30.5 Å². The molecule has 1 aliphatic heterocycles. The Morgan fingerprint density at radius 1 is 1.21 bits per heavy atom. The first-order chi connectivity index (χ1) is 6.79. The molecule has 2 rings (SSSR count). The highest BCUT2D eigenvalue weighted by molar-refractivity contribution is 6.00. The highest BCUT2D eigenvalue weighted by atomic mass is 16.3. The fourth-order valence-electron chi connectivity index (χ4n) is 0.826. The van der Waals surface area contributed by atoms with Gasteiger partial charge < -0.3 is 5.11 Å². The van der Waals surface area contributed by atoms with Crippen LogP contribution < -0.4 is 0 Å². The van der Waals surface area contributed by atoms with E-state index in [4.69, 9.17) is 5.11 Å². The number of para-hydroxylation sites is 1. The number of benzene rings is 1. The van der Waals surface area contributed by atoms with E-state index in [0.717, 1.165) is 0 Å². The Labute approximate surface area is 82.4 Å². The number of nitrogens with zero attached hydrogens (tertiary/aromatic N) is 1. The molecule has 1 N–H and O–H groups in total. The zero-order valence-corrected chi connectivity index (χ0v) is 7.63. The molecule has 1 aromatic rings. The van der Waals surface area contributed by atoms with Crippen molar-refractivity contribution in [1.82, 2.24) is 0 Å². The lowest BCUT2D eigenvalue weighted by Gasteiger charge is -1.88. The molecule has 1 heterocycles. The van der Waals surface area contributed by atoms with Gasteiger partial charge in [-0.2, -0.15) is 0 Å². The molecule has 1 aliphatic rings. The lowest BCUT2D eigenvalue weighted by molar-refractivity contribution is -0.113. The van der Waals surface area contributed by atoms with Gasteiger partial charge in [-0.1, -0.05) is 18.2 Å². The van der Waals surface area contributed by atoms with Crippen molar-refractivity contribution in [3.8, 4) is 5.75 Å². The van der Waals surface area contributed by atoms with E-state index in [1.165, 1.54) is 12.3 Å². The Morgan fingerprint density at radius 2 is 1.93 bits per heavy atom. The van der Waals surface area contributed by atoms with Crippen LogP contribution in [0.4, 0.5) is 0 Å². The number of allylic oxidation sites excluding steroid dienone is 1. The number of carbonyl (C=O) groups is 1. The summed E-state index contributed by atoms with van der Waals surface area (Å²) in [6, 6.07) is 8.71. The molecule has 0 aliphatic carbocycles. The van der Waals surface area contributed by atoms with Crippen LogP contribution in [0.25, 0.3) is 0 Å². The molecular weight excluding hydrogens is 178 g/mol. The van der Waals surface area contributed by atoms with Crippen LogP contribution in [0.2, 0.25) is 0 Å². The van der Waals surface area contributed by atoms with Crippen molar-refractivity contribution < 1.29 is 9.90 Å². The average molecular weight is 189 g/mol. The van der Waals surface area contributed by atoms with Crippen LogP contribution in [0.1, 0.15) is 6.42 Å². The van der Waals surface area contributed by atoms with Crippen molar-refractivity contribution in [3.63, 3.8) is 0 Å². The molecule has 3 heteroatoms. The molecule has 72 valence electrons. The third kappa shape index (κ3) is 4.21. The number of hydrogen-bond acceptors (Lipinski definition) is 3. The molecule has 3 nitrogen and oxygen atoms in total. The summed E-state index contributed by atoms with van der Waals surface area (Å²) in [5.74, 6) is 0.456. The molecule has 0 atom stereocenters. The van der Waals surface area contributed by atoms with Gasteiger partial charge in [0.1, 0.15) is 5.75 Å². The lowest BCUT2D eigenvalue weighted by Crippen LogP contribution is -1.95. The van der Waals surface area contributed by atoms with Crippen LogP contribution in [0, 0.1) is 0 Å².